The van der Waals surface area contributed by atoms with Gasteiger partial charge in [0, 0.05) is 13.7 Å². The number of hydrogen-bond acceptors (Lipinski definition) is 3. The van der Waals surface area contributed by atoms with Crippen LogP contribution in [0.3, 0.4) is 0 Å². The van der Waals surface area contributed by atoms with Gasteiger partial charge in [-0.05, 0) is 24.8 Å². The Balaban J connectivity index is 1.87. The molecule has 1 fully saturated rings. The van der Waals surface area contributed by atoms with E-state index in [9.17, 15) is 4.79 Å². The first-order chi connectivity index (χ1) is 9.31. The number of nitrogens with zero attached hydrogens (tertiary/aromatic N) is 1. The number of piperidine rings is 1. The summed E-state index contributed by atoms with van der Waals surface area (Å²) in [5.41, 5.74) is 1.01. The zero-order valence-corrected chi connectivity index (χ0v) is 11.4. The van der Waals surface area contributed by atoms with Crippen LogP contribution in [-0.2, 0) is 16.1 Å². The Labute approximate surface area is 114 Å². The monoisotopic (exact) mass is 263 g/mol. The minimum Gasteiger partial charge on any atom is -0.445 e. The van der Waals surface area contributed by atoms with E-state index in [0.29, 0.717) is 13.2 Å². The van der Waals surface area contributed by atoms with E-state index in [-0.39, 0.29) is 12.1 Å². The van der Waals surface area contributed by atoms with Crippen LogP contribution in [0.25, 0.3) is 0 Å². The summed E-state index contributed by atoms with van der Waals surface area (Å²) in [7, 11) is 1.67. The maximum Gasteiger partial charge on any atom is 0.410 e. The molecule has 0 bridgehead atoms. The van der Waals surface area contributed by atoms with E-state index in [0.717, 1.165) is 31.4 Å². The van der Waals surface area contributed by atoms with Crippen LogP contribution in [0, 0.1) is 0 Å². The van der Waals surface area contributed by atoms with Crippen molar-refractivity contribution in [2.75, 3.05) is 20.3 Å². The number of methoxy groups -OCH3 is 1. The summed E-state index contributed by atoms with van der Waals surface area (Å²) < 4.78 is 10.6. The number of ether oxygens (including phenoxy) is 2. The number of benzene rings is 1. The molecule has 0 saturated carbocycles. The zero-order chi connectivity index (χ0) is 13.5. The van der Waals surface area contributed by atoms with Crippen LogP contribution < -0.4 is 0 Å². The Morgan fingerprint density at radius 1 is 1.32 bits per heavy atom. The SMILES string of the molecule is COCC1CCCCN1C(=O)OCc1ccccc1. The fourth-order valence-corrected chi connectivity index (χ4v) is 2.41. The average molecular weight is 263 g/mol. The summed E-state index contributed by atoms with van der Waals surface area (Å²) in [4.78, 5) is 13.9. The first kappa shape index (κ1) is 13.9. The van der Waals surface area contributed by atoms with Gasteiger partial charge in [0.1, 0.15) is 6.61 Å². The summed E-state index contributed by atoms with van der Waals surface area (Å²) in [5.74, 6) is 0. The summed E-state index contributed by atoms with van der Waals surface area (Å²) in [6, 6.07) is 9.90. The van der Waals surface area contributed by atoms with E-state index in [2.05, 4.69) is 0 Å². The molecule has 2 rings (SSSR count). The molecule has 1 saturated heterocycles. The lowest BCUT2D eigenvalue weighted by atomic mass is 10.0. The Morgan fingerprint density at radius 2 is 2.11 bits per heavy atom. The lowest BCUT2D eigenvalue weighted by Crippen LogP contribution is -2.46. The maximum absolute atomic E-state index is 12.1. The minimum absolute atomic E-state index is 0.155. The van der Waals surface area contributed by atoms with Crippen LogP contribution in [0.2, 0.25) is 0 Å². The second kappa shape index (κ2) is 7.14. The highest BCUT2D eigenvalue weighted by molar-refractivity contribution is 5.68. The predicted octanol–water partition coefficient (Wildman–Crippen LogP) is 2.82. The predicted molar refractivity (Wildman–Crippen MR) is 72.8 cm³/mol. The van der Waals surface area contributed by atoms with Gasteiger partial charge in [-0.2, -0.15) is 0 Å². The molecule has 1 atom stereocenters. The molecule has 1 unspecified atom stereocenters. The molecule has 1 amide bonds. The summed E-state index contributed by atoms with van der Waals surface area (Å²) >= 11 is 0. The lowest BCUT2D eigenvalue weighted by Gasteiger charge is -2.34. The first-order valence-electron chi connectivity index (χ1n) is 6.77. The Kier molecular flexibility index (Phi) is 5.21. The van der Waals surface area contributed by atoms with Crippen molar-refractivity contribution in [3.05, 3.63) is 35.9 Å². The Morgan fingerprint density at radius 3 is 2.84 bits per heavy atom. The third-order valence-corrected chi connectivity index (χ3v) is 3.43. The number of carbonyl (C=O) groups excluding carboxylic acids is 1. The molecule has 1 aliphatic heterocycles. The standard InChI is InChI=1S/C15H21NO3/c1-18-12-14-9-5-6-10-16(14)15(17)19-11-13-7-3-2-4-8-13/h2-4,7-8,14H,5-6,9-12H2,1H3. The van der Waals surface area contributed by atoms with Gasteiger partial charge in [0.25, 0.3) is 0 Å². The van der Waals surface area contributed by atoms with Crippen molar-refractivity contribution in [2.24, 2.45) is 0 Å². The van der Waals surface area contributed by atoms with Gasteiger partial charge in [-0.25, -0.2) is 4.79 Å². The smallest absolute Gasteiger partial charge is 0.410 e. The number of likely N-dealkylation sites (tertiary alicyclic amines) is 1. The van der Waals surface area contributed by atoms with Gasteiger partial charge in [0.2, 0.25) is 0 Å². The molecule has 0 spiro atoms. The molecular weight excluding hydrogens is 242 g/mol. The molecule has 0 aliphatic carbocycles. The van der Waals surface area contributed by atoms with Gasteiger partial charge in [0.15, 0.2) is 0 Å². The molecule has 0 N–H and O–H groups in total. The molecule has 4 nitrogen and oxygen atoms in total. The third-order valence-electron chi connectivity index (χ3n) is 3.43. The van der Waals surface area contributed by atoms with E-state index < -0.39 is 0 Å². The topological polar surface area (TPSA) is 38.8 Å². The summed E-state index contributed by atoms with van der Waals surface area (Å²) in [5, 5.41) is 0. The third kappa shape index (κ3) is 3.96. The quantitative estimate of drug-likeness (QED) is 0.838. The highest BCUT2D eigenvalue weighted by Crippen LogP contribution is 2.18. The van der Waals surface area contributed by atoms with Crippen molar-refractivity contribution >= 4 is 6.09 Å². The van der Waals surface area contributed by atoms with Crippen LogP contribution >= 0.6 is 0 Å². The van der Waals surface area contributed by atoms with Crippen LogP contribution in [0.15, 0.2) is 30.3 Å². The van der Waals surface area contributed by atoms with Gasteiger partial charge in [-0.1, -0.05) is 30.3 Å². The van der Waals surface area contributed by atoms with Crippen molar-refractivity contribution in [1.29, 1.82) is 0 Å². The van der Waals surface area contributed by atoms with Crippen LogP contribution in [0.1, 0.15) is 24.8 Å². The molecule has 1 aromatic rings. The van der Waals surface area contributed by atoms with Crippen molar-refractivity contribution in [2.45, 2.75) is 31.9 Å². The largest absolute Gasteiger partial charge is 0.445 e. The van der Waals surface area contributed by atoms with Crippen LogP contribution in [0.4, 0.5) is 4.79 Å². The molecule has 104 valence electrons. The number of hydrogen-bond donors (Lipinski definition) is 0. The van der Waals surface area contributed by atoms with Gasteiger partial charge < -0.3 is 14.4 Å². The van der Waals surface area contributed by atoms with Gasteiger partial charge in [-0.3, -0.25) is 0 Å². The van der Waals surface area contributed by atoms with E-state index >= 15 is 0 Å². The van der Waals surface area contributed by atoms with E-state index in [1.807, 2.05) is 30.3 Å². The van der Waals surface area contributed by atoms with Crippen LogP contribution in [0.5, 0.6) is 0 Å². The highest BCUT2D eigenvalue weighted by Gasteiger charge is 2.27. The second-order valence-corrected chi connectivity index (χ2v) is 4.84. The molecule has 4 heteroatoms. The fraction of sp³-hybridized carbons (Fsp3) is 0.533. The molecular formula is C15H21NO3. The van der Waals surface area contributed by atoms with Gasteiger partial charge in [0.05, 0.1) is 12.6 Å². The van der Waals surface area contributed by atoms with E-state index in [4.69, 9.17) is 9.47 Å². The molecule has 19 heavy (non-hydrogen) atoms. The Hall–Kier alpha value is -1.55. The normalized spacial score (nSPS) is 19.2. The molecule has 1 aromatic carbocycles. The van der Waals surface area contributed by atoms with E-state index in [1.165, 1.54) is 0 Å². The van der Waals surface area contributed by atoms with Crippen molar-refractivity contribution in [1.82, 2.24) is 4.90 Å². The summed E-state index contributed by atoms with van der Waals surface area (Å²) in [6.07, 6.45) is 2.96. The fourth-order valence-electron chi connectivity index (χ4n) is 2.41. The zero-order valence-electron chi connectivity index (χ0n) is 11.4. The maximum atomic E-state index is 12.1. The van der Waals surface area contributed by atoms with Gasteiger partial charge >= 0.3 is 6.09 Å². The van der Waals surface area contributed by atoms with Gasteiger partial charge in [-0.15, -0.1) is 0 Å². The molecule has 1 heterocycles. The average Bonchev–Trinajstić information content (AvgIpc) is 2.47. The van der Waals surface area contributed by atoms with E-state index in [1.54, 1.807) is 12.0 Å². The highest BCUT2D eigenvalue weighted by atomic mass is 16.6. The van der Waals surface area contributed by atoms with Crippen molar-refractivity contribution < 1.29 is 14.3 Å². The molecule has 0 radical (unpaired) electrons. The number of carbonyl (C=O) groups is 1. The molecule has 1 aliphatic rings. The number of amides is 1. The summed E-state index contributed by atoms with van der Waals surface area (Å²) in [6.45, 7) is 1.68. The minimum atomic E-state index is -0.231. The number of rotatable bonds is 4. The first-order valence-corrected chi connectivity index (χ1v) is 6.77. The Bertz CT molecular complexity index is 392. The second-order valence-electron chi connectivity index (χ2n) is 4.84. The van der Waals surface area contributed by atoms with Crippen molar-refractivity contribution in [3.8, 4) is 0 Å². The van der Waals surface area contributed by atoms with Crippen molar-refractivity contribution in [3.63, 3.8) is 0 Å². The lowest BCUT2D eigenvalue weighted by molar-refractivity contribution is 0.0395. The van der Waals surface area contributed by atoms with Crippen LogP contribution in [-0.4, -0.2) is 37.3 Å². The molecule has 0 aromatic heterocycles.